The Morgan fingerprint density at radius 2 is 1.88 bits per heavy atom. The van der Waals surface area contributed by atoms with Gasteiger partial charge in [-0.25, -0.2) is 8.78 Å². The van der Waals surface area contributed by atoms with E-state index in [1.807, 2.05) is 0 Å². The number of nitrogens with zero attached hydrogens (tertiary/aromatic N) is 1. The Balaban J connectivity index is 3.05. The quantitative estimate of drug-likeness (QED) is 0.582. The van der Waals surface area contributed by atoms with Gasteiger partial charge in [0.15, 0.2) is 5.78 Å². The van der Waals surface area contributed by atoms with Gasteiger partial charge >= 0.3 is 0 Å². The van der Waals surface area contributed by atoms with Crippen LogP contribution in [0.2, 0.25) is 0 Å². The molecule has 2 nitrogen and oxygen atoms in total. The second-order valence-corrected chi connectivity index (χ2v) is 3.72. The molecule has 0 saturated carbocycles. The zero-order valence-corrected chi connectivity index (χ0v) is 9.42. The van der Waals surface area contributed by atoms with Gasteiger partial charge in [-0.1, -0.05) is 0 Å². The van der Waals surface area contributed by atoms with E-state index in [9.17, 15) is 13.6 Å². The molecule has 16 heavy (non-hydrogen) atoms. The molecule has 1 rings (SSSR count). The number of hydrogen-bond acceptors (Lipinski definition) is 2. The molecular weight excluding hydrogens is 212 g/mol. The van der Waals surface area contributed by atoms with E-state index in [2.05, 4.69) is 0 Å². The lowest BCUT2D eigenvalue weighted by Crippen LogP contribution is -2.05. The van der Waals surface area contributed by atoms with Crippen LogP contribution in [-0.4, -0.2) is 24.8 Å². The standard InChI is InChI=1S/C12H13F2NO/c1-8-6-9(11(14)7-10(8)13)12(16)4-5-15(2)3/h4-7H,1-3H3/b5-4+. The normalized spacial score (nSPS) is 10.8. The van der Waals surface area contributed by atoms with Crippen LogP contribution in [0.4, 0.5) is 8.78 Å². The Morgan fingerprint density at radius 3 is 2.44 bits per heavy atom. The van der Waals surface area contributed by atoms with Crippen molar-refractivity contribution >= 4 is 5.78 Å². The molecule has 4 heteroatoms. The highest BCUT2D eigenvalue weighted by Gasteiger charge is 2.12. The van der Waals surface area contributed by atoms with Crippen LogP contribution in [0.3, 0.4) is 0 Å². The lowest BCUT2D eigenvalue weighted by molar-refractivity contribution is 0.104. The minimum Gasteiger partial charge on any atom is -0.383 e. The van der Waals surface area contributed by atoms with Crippen LogP contribution in [0.5, 0.6) is 0 Å². The summed E-state index contributed by atoms with van der Waals surface area (Å²) in [6.07, 6.45) is 2.76. The first-order valence-electron chi connectivity index (χ1n) is 4.76. The molecule has 0 bridgehead atoms. The fourth-order valence-corrected chi connectivity index (χ4v) is 1.15. The predicted molar refractivity (Wildman–Crippen MR) is 58.3 cm³/mol. The molecular formula is C12H13F2NO. The van der Waals surface area contributed by atoms with Gasteiger partial charge in [0.1, 0.15) is 11.6 Å². The summed E-state index contributed by atoms with van der Waals surface area (Å²) in [6.45, 7) is 1.49. The Bertz CT molecular complexity index is 439. The van der Waals surface area contributed by atoms with Crippen molar-refractivity contribution in [2.75, 3.05) is 14.1 Å². The van der Waals surface area contributed by atoms with Gasteiger partial charge in [-0.2, -0.15) is 0 Å². The Kier molecular flexibility index (Phi) is 3.77. The summed E-state index contributed by atoms with van der Waals surface area (Å²) < 4.78 is 26.3. The van der Waals surface area contributed by atoms with E-state index >= 15 is 0 Å². The van der Waals surface area contributed by atoms with E-state index in [0.717, 1.165) is 6.07 Å². The number of allylic oxidation sites excluding steroid dienone is 1. The van der Waals surface area contributed by atoms with Crippen LogP contribution < -0.4 is 0 Å². The highest BCUT2D eigenvalue weighted by atomic mass is 19.1. The molecule has 0 saturated heterocycles. The van der Waals surface area contributed by atoms with E-state index in [0.29, 0.717) is 0 Å². The van der Waals surface area contributed by atoms with Crippen LogP contribution in [0.15, 0.2) is 24.4 Å². The summed E-state index contributed by atoms with van der Waals surface area (Å²) >= 11 is 0. The molecule has 0 fully saturated rings. The van der Waals surface area contributed by atoms with Gasteiger partial charge in [0, 0.05) is 32.4 Å². The summed E-state index contributed by atoms with van der Waals surface area (Å²) in [7, 11) is 3.49. The maximum atomic E-state index is 13.3. The van der Waals surface area contributed by atoms with Gasteiger partial charge < -0.3 is 4.90 Å². The van der Waals surface area contributed by atoms with Gasteiger partial charge in [0.05, 0.1) is 5.56 Å². The molecule has 1 aromatic carbocycles. The third kappa shape index (κ3) is 2.89. The van der Waals surface area contributed by atoms with Crippen molar-refractivity contribution in [3.63, 3.8) is 0 Å². The maximum Gasteiger partial charge on any atom is 0.190 e. The van der Waals surface area contributed by atoms with Gasteiger partial charge in [0.2, 0.25) is 0 Å². The highest BCUT2D eigenvalue weighted by Crippen LogP contribution is 2.15. The largest absolute Gasteiger partial charge is 0.383 e. The molecule has 1 aromatic rings. The van der Waals surface area contributed by atoms with Crippen molar-refractivity contribution in [3.8, 4) is 0 Å². The molecule has 0 aliphatic heterocycles. The minimum atomic E-state index is -0.837. The number of benzene rings is 1. The topological polar surface area (TPSA) is 20.3 Å². The van der Waals surface area contributed by atoms with Crippen LogP contribution in [-0.2, 0) is 0 Å². The second kappa shape index (κ2) is 4.88. The Morgan fingerprint density at radius 1 is 1.25 bits per heavy atom. The van der Waals surface area contributed by atoms with Crippen molar-refractivity contribution in [2.24, 2.45) is 0 Å². The Labute approximate surface area is 93.2 Å². The molecule has 0 aromatic heterocycles. The van der Waals surface area contributed by atoms with Crippen molar-refractivity contribution in [3.05, 3.63) is 47.2 Å². The summed E-state index contributed by atoms with van der Waals surface area (Å²) in [6, 6.07) is 1.94. The van der Waals surface area contributed by atoms with E-state index in [1.54, 1.807) is 19.0 Å². The average molecular weight is 225 g/mol. The Hall–Kier alpha value is -1.71. The van der Waals surface area contributed by atoms with E-state index in [-0.39, 0.29) is 11.1 Å². The monoisotopic (exact) mass is 225 g/mol. The first-order chi connectivity index (χ1) is 7.41. The van der Waals surface area contributed by atoms with Gasteiger partial charge in [-0.3, -0.25) is 4.79 Å². The number of carbonyl (C=O) groups is 1. The van der Waals surface area contributed by atoms with Crippen LogP contribution >= 0.6 is 0 Å². The third-order valence-electron chi connectivity index (χ3n) is 2.04. The van der Waals surface area contributed by atoms with E-state index in [4.69, 9.17) is 0 Å². The maximum absolute atomic E-state index is 13.3. The van der Waals surface area contributed by atoms with Crippen molar-refractivity contribution in [1.82, 2.24) is 4.90 Å². The van der Waals surface area contributed by atoms with Crippen molar-refractivity contribution in [1.29, 1.82) is 0 Å². The lowest BCUT2D eigenvalue weighted by Gasteiger charge is -2.04. The number of rotatable bonds is 3. The smallest absolute Gasteiger partial charge is 0.190 e. The molecule has 86 valence electrons. The fourth-order valence-electron chi connectivity index (χ4n) is 1.15. The SMILES string of the molecule is Cc1cc(C(=O)/C=C/N(C)C)c(F)cc1F. The zero-order valence-electron chi connectivity index (χ0n) is 9.42. The van der Waals surface area contributed by atoms with Crippen molar-refractivity contribution < 1.29 is 13.6 Å². The van der Waals surface area contributed by atoms with Crippen LogP contribution in [0.25, 0.3) is 0 Å². The first-order valence-corrected chi connectivity index (χ1v) is 4.76. The molecule has 0 spiro atoms. The number of hydrogen-bond donors (Lipinski definition) is 0. The highest BCUT2D eigenvalue weighted by molar-refractivity contribution is 6.04. The van der Waals surface area contributed by atoms with Crippen LogP contribution in [0, 0.1) is 18.6 Å². The zero-order chi connectivity index (χ0) is 12.3. The molecule has 0 aliphatic carbocycles. The summed E-state index contributed by atoms with van der Waals surface area (Å²) in [4.78, 5) is 13.2. The number of halogens is 2. The first kappa shape index (κ1) is 12.4. The summed E-state index contributed by atoms with van der Waals surface area (Å²) in [5.74, 6) is -1.96. The molecule has 0 N–H and O–H groups in total. The van der Waals surface area contributed by atoms with Gasteiger partial charge in [-0.05, 0) is 18.6 Å². The predicted octanol–water partition coefficient (Wildman–Crippen LogP) is 2.53. The van der Waals surface area contributed by atoms with Gasteiger partial charge in [-0.15, -0.1) is 0 Å². The average Bonchev–Trinajstić information content (AvgIpc) is 2.20. The number of aryl methyl sites for hydroxylation is 1. The number of carbonyl (C=O) groups excluding carboxylic acids is 1. The lowest BCUT2D eigenvalue weighted by atomic mass is 10.1. The molecule has 0 radical (unpaired) electrons. The second-order valence-electron chi connectivity index (χ2n) is 3.72. The van der Waals surface area contributed by atoms with E-state index < -0.39 is 17.4 Å². The molecule has 0 aliphatic rings. The van der Waals surface area contributed by atoms with Crippen molar-refractivity contribution in [2.45, 2.75) is 6.92 Å². The van der Waals surface area contributed by atoms with Crippen LogP contribution in [0.1, 0.15) is 15.9 Å². The molecule has 0 unspecified atom stereocenters. The van der Waals surface area contributed by atoms with Gasteiger partial charge in [0.25, 0.3) is 0 Å². The summed E-state index contributed by atoms with van der Waals surface area (Å²) in [5.41, 5.74) is 0.139. The molecule has 0 atom stereocenters. The molecule has 0 heterocycles. The molecule has 0 amide bonds. The minimum absolute atomic E-state index is 0.114. The third-order valence-corrected chi connectivity index (χ3v) is 2.04. The summed E-state index contributed by atoms with van der Waals surface area (Å²) in [5, 5.41) is 0. The van der Waals surface area contributed by atoms with E-state index in [1.165, 1.54) is 25.3 Å². The number of ketones is 1. The fraction of sp³-hybridized carbons (Fsp3) is 0.250.